The van der Waals surface area contributed by atoms with Crippen LogP contribution in [0, 0.1) is 10.1 Å². The second-order valence-corrected chi connectivity index (χ2v) is 3.58. The van der Waals surface area contributed by atoms with Crippen molar-refractivity contribution in [2.75, 3.05) is 13.7 Å². The molecule has 1 rings (SSSR count). The van der Waals surface area contributed by atoms with Crippen LogP contribution in [0.1, 0.15) is 24.6 Å². The fourth-order valence-electron chi connectivity index (χ4n) is 1.59. The van der Waals surface area contributed by atoms with Crippen molar-refractivity contribution in [1.82, 2.24) is 4.98 Å². The molecular weight excluding hydrogens is 278 g/mol. The average Bonchev–Trinajstić information content (AvgIpc) is 2.37. The molecule has 1 aromatic rings. The van der Waals surface area contributed by atoms with Crippen LogP contribution >= 0.6 is 0 Å². The van der Waals surface area contributed by atoms with E-state index in [0.717, 1.165) is 13.3 Å². The van der Waals surface area contributed by atoms with Gasteiger partial charge in [0, 0.05) is 0 Å². The van der Waals surface area contributed by atoms with E-state index in [1.54, 1.807) is 6.92 Å². The lowest BCUT2D eigenvalue weighted by Gasteiger charge is -2.10. The summed E-state index contributed by atoms with van der Waals surface area (Å²) in [6, 6.07) is 0. The van der Waals surface area contributed by atoms with Crippen LogP contribution in [-0.4, -0.2) is 29.6 Å². The molecule has 0 aliphatic heterocycles. The molecule has 0 aliphatic rings. The number of rotatable bonds is 6. The number of nitro groups is 1. The molecule has 0 fully saturated rings. The van der Waals surface area contributed by atoms with E-state index in [-0.39, 0.29) is 6.61 Å². The van der Waals surface area contributed by atoms with E-state index >= 15 is 0 Å². The molecule has 110 valence electrons. The van der Waals surface area contributed by atoms with Crippen molar-refractivity contribution in [3.63, 3.8) is 0 Å². The van der Waals surface area contributed by atoms with Gasteiger partial charge in [0.2, 0.25) is 5.75 Å². The zero-order valence-electron chi connectivity index (χ0n) is 10.8. The fraction of sp³-hybridized carbons (Fsp3) is 0.455. The quantitative estimate of drug-likeness (QED) is 0.452. The number of carbonyl (C=O) groups excluding carboxylic acids is 1. The summed E-state index contributed by atoms with van der Waals surface area (Å²) in [5, 5.41) is 10.9. The third-order valence-corrected chi connectivity index (χ3v) is 2.37. The van der Waals surface area contributed by atoms with Gasteiger partial charge in [-0.1, -0.05) is 0 Å². The first-order valence-electron chi connectivity index (χ1n) is 5.56. The van der Waals surface area contributed by atoms with Crippen LogP contribution in [0.15, 0.2) is 6.20 Å². The van der Waals surface area contributed by atoms with Crippen LogP contribution in [0.3, 0.4) is 0 Å². The normalized spacial score (nSPS) is 10.4. The van der Waals surface area contributed by atoms with Gasteiger partial charge in [0.05, 0.1) is 37.0 Å². The molecule has 0 N–H and O–H groups in total. The van der Waals surface area contributed by atoms with Gasteiger partial charge < -0.3 is 9.47 Å². The van der Waals surface area contributed by atoms with Gasteiger partial charge >= 0.3 is 11.7 Å². The van der Waals surface area contributed by atoms with E-state index < -0.39 is 46.4 Å². The Bertz CT molecular complexity index is 522. The monoisotopic (exact) mass is 290 g/mol. The van der Waals surface area contributed by atoms with Gasteiger partial charge in [-0.25, -0.2) is 8.78 Å². The Morgan fingerprint density at radius 2 is 2.20 bits per heavy atom. The average molecular weight is 290 g/mol. The molecule has 0 radical (unpaired) electrons. The number of carbonyl (C=O) groups is 1. The highest BCUT2D eigenvalue weighted by Gasteiger charge is 2.32. The van der Waals surface area contributed by atoms with Crippen molar-refractivity contribution in [3.05, 3.63) is 27.6 Å². The fourth-order valence-corrected chi connectivity index (χ4v) is 1.59. The zero-order valence-corrected chi connectivity index (χ0v) is 10.8. The maximum Gasteiger partial charge on any atom is 0.323 e. The van der Waals surface area contributed by atoms with Crippen molar-refractivity contribution in [3.8, 4) is 5.75 Å². The van der Waals surface area contributed by atoms with Crippen LogP contribution in [0.25, 0.3) is 0 Å². The lowest BCUT2D eigenvalue weighted by atomic mass is 10.1. The van der Waals surface area contributed by atoms with Crippen molar-refractivity contribution in [1.29, 1.82) is 0 Å². The SMILES string of the molecule is CCOC(=O)Cc1ncc(OC)c([N+](=O)[O-])c1C(F)F. The molecule has 0 saturated heterocycles. The van der Waals surface area contributed by atoms with E-state index in [1.165, 1.54) is 0 Å². The predicted molar refractivity (Wildman–Crippen MR) is 62.7 cm³/mol. The number of aromatic nitrogens is 1. The van der Waals surface area contributed by atoms with Crippen molar-refractivity contribution < 1.29 is 28.0 Å². The number of hydrogen-bond acceptors (Lipinski definition) is 6. The Labute approximate surface area is 112 Å². The molecule has 0 saturated carbocycles. The second-order valence-electron chi connectivity index (χ2n) is 3.58. The molecule has 1 aromatic heterocycles. The van der Waals surface area contributed by atoms with E-state index in [9.17, 15) is 23.7 Å². The van der Waals surface area contributed by atoms with Crippen LogP contribution < -0.4 is 4.74 Å². The van der Waals surface area contributed by atoms with Crippen LogP contribution in [0.4, 0.5) is 14.5 Å². The number of nitrogens with zero attached hydrogens (tertiary/aromatic N) is 2. The maximum atomic E-state index is 13.0. The Morgan fingerprint density at radius 3 is 2.65 bits per heavy atom. The summed E-state index contributed by atoms with van der Waals surface area (Å²) in [4.78, 5) is 24.9. The molecule has 0 aliphatic carbocycles. The minimum absolute atomic E-state index is 0.0705. The Balaban J connectivity index is 3.34. The summed E-state index contributed by atoms with van der Waals surface area (Å²) in [6.45, 7) is 1.62. The minimum Gasteiger partial charge on any atom is -0.489 e. The second kappa shape index (κ2) is 6.73. The van der Waals surface area contributed by atoms with Crippen molar-refractivity contribution in [2.45, 2.75) is 19.8 Å². The molecule has 0 unspecified atom stereocenters. The van der Waals surface area contributed by atoms with E-state index in [1.807, 2.05) is 0 Å². The summed E-state index contributed by atoms with van der Waals surface area (Å²) in [6.07, 6.45) is -2.81. The lowest BCUT2D eigenvalue weighted by Crippen LogP contribution is -2.13. The third kappa shape index (κ3) is 3.37. The molecule has 7 nitrogen and oxygen atoms in total. The molecule has 0 aromatic carbocycles. The summed E-state index contributed by atoms with van der Waals surface area (Å²) >= 11 is 0. The third-order valence-electron chi connectivity index (χ3n) is 2.37. The van der Waals surface area contributed by atoms with Crippen LogP contribution in [0.5, 0.6) is 5.75 Å². The topological polar surface area (TPSA) is 91.6 Å². The van der Waals surface area contributed by atoms with Crippen molar-refractivity contribution in [2.24, 2.45) is 0 Å². The van der Waals surface area contributed by atoms with Gasteiger partial charge in [0.25, 0.3) is 6.43 Å². The van der Waals surface area contributed by atoms with E-state index in [2.05, 4.69) is 14.5 Å². The summed E-state index contributed by atoms with van der Waals surface area (Å²) in [7, 11) is 1.10. The highest BCUT2D eigenvalue weighted by Crippen LogP contribution is 2.38. The first kappa shape index (κ1) is 15.7. The molecular formula is C11H12F2N2O5. The van der Waals surface area contributed by atoms with Crippen molar-refractivity contribution >= 4 is 11.7 Å². The van der Waals surface area contributed by atoms with Gasteiger partial charge in [0.1, 0.15) is 5.56 Å². The number of ether oxygens (including phenoxy) is 2. The van der Waals surface area contributed by atoms with Gasteiger partial charge in [0.15, 0.2) is 0 Å². The molecule has 1 heterocycles. The number of pyridine rings is 1. The number of halogens is 2. The Hall–Kier alpha value is -2.32. The molecule has 9 heteroatoms. The first-order chi connectivity index (χ1) is 9.42. The lowest BCUT2D eigenvalue weighted by molar-refractivity contribution is -0.387. The summed E-state index contributed by atoms with van der Waals surface area (Å²) in [5.74, 6) is -1.18. The van der Waals surface area contributed by atoms with E-state index in [4.69, 9.17) is 0 Å². The van der Waals surface area contributed by atoms with E-state index in [0.29, 0.717) is 0 Å². The van der Waals surface area contributed by atoms with Crippen LogP contribution in [0.2, 0.25) is 0 Å². The summed E-state index contributed by atoms with van der Waals surface area (Å²) < 4.78 is 35.4. The molecule has 0 spiro atoms. The summed E-state index contributed by atoms with van der Waals surface area (Å²) in [5.41, 5.74) is -2.22. The number of esters is 1. The highest BCUT2D eigenvalue weighted by atomic mass is 19.3. The van der Waals surface area contributed by atoms with Gasteiger partial charge in [-0.15, -0.1) is 0 Å². The zero-order chi connectivity index (χ0) is 15.3. The smallest absolute Gasteiger partial charge is 0.323 e. The van der Waals surface area contributed by atoms with Crippen LogP contribution in [-0.2, 0) is 16.0 Å². The Kier molecular flexibility index (Phi) is 5.30. The van der Waals surface area contributed by atoms with Gasteiger partial charge in [-0.05, 0) is 6.92 Å². The van der Waals surface area contributed by atoms with Gasteiger partial charge in [-0.2, -0.15) is 0 Å². The number of methoxy groups -OCH3 is 1. The standard InChI is InChI=1S/C11H12F2N2O5/c1-3-20-8(16)4-6-9(11(12)13)10(15(17)18)7(19-2)5-14-6/h5,11H,3-4H2,1-2H3. The highest BCUT2D eigenvalue weighted by molar-refractivity contribution is 5.73. The predicted octanol–water partition coefficient (Wildman–Crippen LogP) is 2.04. The molecule has 20 heavy (non-hydrogen) atoms. The first-order valence-corrected chi connectivity index (χ1v) is 5.56. The van der Waals surface area contributed by atoms with Gasteiger partial charge in [-0.3, -0.25) is 19.9 Å². The molecule has 0 bridgehead atoms. The molecule has 0 amide bonds. The molecule has 0 atom stereocenters. The minimum atomic E-state index is -3.16. The Morgan fingerprint density at radius 1 is 1.55 bits per heavy atom. The maximum absolute atomic E-state index is 13.0. The number of hydrogen-bond donors (Lipinski definition) is 0. The largest absolute Gasteiger partial charge is 0.489 e. The number of alkyl halides is 2.